The van der Waals surface area contributed by atoms with Crippen LogP contribution in [0.5, 0.6) is 5.88 Å². The Morgan fingerprint density at radius 1 is 1.16 bits per heavy atom. The number of methoxy groups -OCH3 is 3. The maximum atomic E-state index is 12.8. The molecule has 0 fully saturated rings. The van der Waals surface area contributed by atoms with E-state index in [1.165, 1.54) is 21.3 Å². The lowest BCUT2D eigenvalue weighted by Crippen LogP contribution is -2.30. The monoisotopic (exact) mass is 506 g/mol. The molecule has 162 valence electrons. The van der Waals surface area contributed by atoms with E-state index in [1.807, 2.05) is 30.3 Å². The van der Waals surface area contributed by atoms with E-state index in [0.717, 1.165) is 5.56 Å². The number of nitrogens with zero attached hydrogens (tertiary/aromatic N) is 1. The molecule has 0 spiro atoms. The Hall–Kier alpha value is -2.68. The van der Waals surface area contributed by atoms with Gasteiger partial charge < -0.3 is 19.5 Å². The topological polar surface area (TPSA) is 86.8 Å². The quantitative estimate of drug-likeness (QED) is 0.476. The zero-order valence-corrected chi connectivity index (χ0v) is 19.4. The van der Waals surface area contributed by atoms with Crippen molar-refractivity contribution in [1.82, 2.24) is 10.3 Å². The van der Waals surface area contributed by atoms with Crippen molar-refractivity contribution in [3.8, 4) is 5.88 Å². The smallest absolute Gasteiger partial charge is 0.343 e. The number of amides is 1. The molecule has 1 unspecified atom stereocenters. The summed E-state index contributed by atoms with van der Waals surface area (Å²) in [5, 5.41) is 3.88. The van der Waals surface area contributed by atoms with E-state index in [-0.39, 0.29) is 23.9 Å². The molecule has 0 aliphatic rings. The predicted octanol–water partition coefficient (Wildman–Crippen LogP) is 4.45. The molecule has 3 rings (SSSR count). The molecule has 31 heavy (non-hydrogen) atoms. The van der Waals surface area contributed by atoms with E-state index >= 15 is 0 Å². The molecule has 1 aromatic heterocycles. The second-order valence-electron chi connectivity index (χ2n) is 6.50. The van der Waals surface area contributed by atoms with Crippen LogP contribution in [0.1, 0.15) is 27.6 Å². The Kier molecular flexibility index (Phi) is 7.48. The Balaban J connectivity index is 1.98. The third-order valence-corrected chi connectivity index (χ3v) is 6.11. The Morgan fingerprint density at radius 2 is 1.87 bits per heavy atom. The number of esters is 1. The summed E-state index contributed by atoms with van der Waals surface area (Å²) >= 11 is 9.84. The first kappa shape index (κ1) is 23.0. The number of rotatable bonds is 7. The maximum absolute atomic E-state index is 12.8. The minimum atomic E-state index is -0.765. The Bertz CT molecular complexity index is 1120. The van der Waals surface area contributed by atoms with Crippen LogP contribution in [0.3, 0.4) is 0 Å². The third-order valence-electron chi connectivity index (χ3n) is 4.67. The predicted molar refractivity (Wildman–Crippen MR) is 120 cm³/mol. The molecule has 1 atom stereocenters. The number of halogens is 2. The summed E-state index contributed by atoms with van der Waals surface area (Å²) in [6.07, 6.45) is -0.765. The average Bonchev–Trinajstić information content (AvgIpc) is 2.79. The molecule has 2 aromatic carbocycles. The van der Waals surface area contributed by atoms with Gasteiger partial charge in [-0.05, 0) is 33.6 Å². The fraction of sp³-hybridized carbons (Fsp3) is 0.227. The summed E-state index contributed by atoms with van der Waals surface area (Å²) in [6.45, 7) is 0.122. The minimum absolute atomic E-state index is 0.111. The summed E-state index contributed by atoms with van der Waals surface area (Å²) in [7, 11) is 4.17. The van der Waals surface area contributed by atoms with Crippen molar-refractivity contribution in [2.75, 3.05) is 21.3 Å². The maximum Gasteiger partial charge on any atom is 0.343 e. The van der Waals surface area contributed by atoms with E-state index in [0.29, 0.717) is 26.0 Å². The molecule has 7 nitrogen and oxygen atoms in total. The van der Waals surface area contributed by atoms with Gasteiger partial charge in [0, 0.05) is 29.1 Å². The van der Waals surface area contributed by atoms with Crippen molar-refractivity contribution < 1.29 is 23.8 Å². The molecule has 1 heterocycles. The number of aromatic nitrogens is 1. The van der Waals surface area contributed by atoms with Gasteiger partial charge in [-0.3, -0.25) is 4.79 Å². The number of fused-ring (bicyclic) bond motifs is 1. The lowest BCUT2D eigenvalue weighted by molar-refractivity contribution is -0.131. The molecule has 9 heteroatoms. The molecule has 3 aromatic rings. The number of nitrogens with one attached hydrogen (secondary N) is 1. The summed E-state index contributed by atoms with van der Waals surface area (Å²) in [5.41, 5.74) is 2.07. The molecule has 1 N–H and O–H groups in total. The van der Waals surface area contributed by atoms with Crippen LogP contribution in [0, 0.1) is 0 Å². The van der Waals surface area contributed by atoms with E-state index < -0.39 is 12.1 Å². The first-order valence-electron chi connectivity index (χ1n) is 9.20. The lowest BCUT2D eigenvalue weighted by atomic mass is 10.1. The van der Waals surface area contributed by atoms with Gasteiger partial charge in [0.15, 0.2) is 6.10 Å². The summed E-state index contributed by atoms with van der Waals surface area (Å²) in [4.78, 5) is 29.3. The van der Waals surface area contributed by atoms with Crippen molar-refractivity contribution in [1.29, 1.82) is 0 Å². The molecule has 0 aliphatic heterocycles. The molecule has 0 saturated carbocycles. The number of carbonyl (C=O) groups excluding carboxylic acids is 2. The van der Waals surface area contributed by atoms with E-state index in [4.69, 9.17) is 25.8 Å². The molecular weight excluding hydrogens is 488 g/mol. The van der Waals surface area contributed by atoms with Crippen LogP contribution < -0.4 is 10.1 Å². The van der Waals surface area contributed by atoms with Gasteiger partial charge in [-0.2, -0.15) is 0 Å². The number of carbonyl (C=O) groups is 2. The van der Waals surface area contributed by atoms with Crippen molar-refractivity contribution in [2.45, 2.75) is 12.6 Å². The second kappa shape index (κ2) is 10.1. The highest BCUT2D eigenvalue weighted by Gasteiger charge is 2.23. The largest absolute Gasteiger partial charge is 0.480 e. The van der Waals surface area contributed by atoms with Crippen LogP contribution in [-0.4, -0.2) is 38.2 Å². The highest BCUT2D eigenvalue weighted by molar-refractivity contribution is 9.10. The van der Waals surface area contributed by atoms with Crippen molar-refractivity contribution in [2.24, 2.45) is 0 Å². The van der Waals surface area contributed by atoms with E-state index in [2.05, 4.69) is 26.2 Å². The standard InChI is InChI=1S/C22H20BrClN2O5/c1-29-19(12-7-5-4-6-8-12)20(27)25-11-15-17(23)16(24)10-13-9-14(22(28)31-3)21(30-2)26-18(13)15/h4-10,19H,11H2,1-3H3,(H,25,27). The second-order valence-corrected chi connectivity index (χ2v) is 7.70. The first-order valence-corrected chi connectivity index (χ1v) is 10.4. The SMILES string of the molecule is COC(=O)c1cc2cc(Cl)c(Br)c(CNC(=O)C(OC)c3ccccc3)c2nc1OC. The van der Waals surface area contributed by atoms with Crippen LogP contribution in [-0.2, 0) is 20.8 Å². The number of pyridine rings is 1. The first-order chi connectivity index (χ1) is 14.9. The Morgan fingerprint density at radius 3 is 2.48 bits per heavy atom. The molecule has 0 saturated heterocycles. The summed E-state index contributed by atoms with van der Waals surface area (Å²) in [6, 6.07) is 12.4. The number of hydrogen-bond donors (Lipinski definition) is 1. The van der Waals surface area contributed by atoms with Crippen LogP contribution in [0.15, 0.2) is 46.9 Å². The van der Waals surface area contributed by atoms with E-state index in [1.54, 1.807) is 12.1 Å². The zero-order valence-electron chi connectivity index (χ0n) is 17.1. The minimum Gasteiger partial charge on any atom is -0.480 e. The van der Waals surface area contributed by atoms with Crippen LogP contribution in [0.25, 0.3) is 10.9 Å². The van der Waals surface area contributed by atoms with Gasteiger partial charge in [0.25, 0.3) is 5.91 Å². The highest BCUT2D eigenvalue weighted by Crippen LogP contribution is 2.35. The molecule has 0 aliphatic carbocycles. The van der Waals surface area contributed by atoms with Crippen molar-refractivity contribution >= 4 is 50.3 Å². The van der Waals surface area contributed by atoms with Crippen molar-refractivity contribution in [3.05, 3.63) is 68.7 Å². The fourth-order valence-corrected chi connectivity index (χ4v) is 3.85. The van der Waals surface area contributed by atoms with Gasteiger partial charge in [-0.25, -0.2) is 9.78 Å². The van der Waals surface area contributed by atoms with Crippen LogP contribution in [0.4, 0.5) is 0 Å². The van der Waals surface area contributed by atoms with Gasteiger partial charge >= 0.3 is 5.97 Å². The molecule has 0 bridgehead atoms. The highest BCUT2D eigenvalue weighted by atomic mass is 79.9. The third kappa shape index (κ3) is 4.81. The van der Waals surface area contributed by atoms with Gasteiger partial charge in [0.05, 0.1) is 24.8 Å². The van der Waals surface area contributed by atoms with Crippen LogP contribution >= 0.6 is 27.5 Å². The Labute approximate surface area is 192 Å². The van der Waals surface area contributed by atoms with Crippen LogP contribution in [0.2, 0.25) is 5.02 Å². The molecular formula is C22H20BrClN2O5. The summed E-state index contributed by atoms with van der Waals surface area (Å²) < 4.78 is 16.0. The zero-order chi connectivity index (χ0) is 22.5. The average molecular weight is 508 g/mol. The number of ether oxygens (including phenoxy) is 3. The molecule has 1 amide bonds. The van der Waals surface area contributed by atoms with Gasteiger partial charge in [0.1, 0.15) is 5.56 Å². The molecule has 0 radical (unpaired) electrons. The number of hydrogen-bond acceptors (Lipinski definition) is 6. The van der Waals surface area contributed by atoms with E-state index in [9.17, 15) is 9.59 Å². The van der Waals surface area contributed by atoms with Gasteiger partial charge in [-0.1, -0.05) is 41.9 Å². The van der Waals surface area contributed by atoms with Crippen molar-refractivity contribution in [3.63, 3.8) is 0 Å². The lowest BCUT2D eigenvalue weighted by Gasteiger charge is -2.17. The fourth-order valence-electron chi connectivity index (χ4n) is 3.18. The van der Waals surface area contributed by atoms with Gasteiger partial charge in [-0.15, -0.1) is 0 Å². The normalized spacial score (nSPS) is 11.8. The number of benzene rings is 2. The summed E-state index contributed by atoms with van der Waals surface area (Å²) in [5.74, 6) is -0.780. The van der Waals surface area contributed by atoms with Gasteiger partial charge in [0.2, 0.25) is 5.88 Å².